The van der Waals surface area contributed by atoms with Gasteiger partial charge in [-0.05, 0) is 11.1 Å². The molecule has 1 heterocycles. The standard InChI is InChI=1S/C10H7F6N3O/c11-9(12,13)7-6(1-2-17)5(3-18)4-19-8(7)20-10(14,15)16/h4H,1,3,18H2. The van der Waals surface area contributed by atoms with Gasteiger partial charge in [0.2, 0.25) is 5.88 Å². The van der Waals surface area contributed by atoms with Crippen LogP contribution in [0.2, 0.25) is 0 Å². The van der Waals surface area contributed by atoms with Gasteiger partial charge in [-0.15, -0.1) is 13.2 Å². The molecule has 0 atom stereocenters. The van der Waals surface area contributed by atoms with Gasteiger partial charge < -0.3 is 10.5 Å². The number of nitrogens with two attached hydrogens (primary N) is 1. The number of hydrogen-bond donors (Lipinski definition) is 1. The van der Waals surface area contributed by atoms with Crippen LogP contribution in [0.4, 0.5) is 26.3 Å². The highest BCUT2D eigenvalue weighted by Gasteiger charge is 2.42. The van der Waals surface area contributed by atoms with E-state index in [0.29, 0.717) is 0 Å². The molecule has 1 aromatic rings. The van der Waals surface area contributed by atoms with E-state index >= 15 is 0 Å². The molecule has 1 rings (SSSR count). The summed E-state index contributed by atoms with van der Waals surface area (Å²) in [4.78, 5) is 2.99. The Morgan fingerprint density at radius 1 is 1.25 bits per heavy atom. The van der Waals surface area contributed by atoms with E-state index in [1.807, 2.05) is 0 Å². The van der Waals surface area contributed by atoms with Crippen LogP contribution in [-0.4, -0.2) is 11.3 Å². The van der Waals surface area contributed by atoms with Crippen molar-refractivity contribution in [2.24, 2.45) is 5.73 Å². The second-order valence-corrected chi connectivity index (χ2v) is 3.53. The van der Waals surface area contributed by atoms with Gasteiger partial charge >= 0.3 is 12.5 Å². The van der Waals surface area contributed by atoms with E-state index < -0.39 is 42.5 Å². The summed E-state index contributed by atoms with van der Waals surface area (Å²) < 4.78 is 78.2. The van der Waals surface area contributed by atoms with Gasteiger partial charge in [0.25, 0.3) is 0 Å². The second kappa shape index (κ2) is 5.54. The zero-order chi connectivity index (χ0) is 15.6. The monoisotopic (exact) mass is 299 g/mol. The lowest BCUT2D eigenvalue weighted by Crippen LogP contribution is -2.23. The minimum Gasteiger partial charge on any atom is -0.387 e. The van der Waals surface area contributed by atoms with Crippen molar-refractivity contribution in [2.45, 2.75) is 25.5 Å². The molecule has 1 aromatic heterocycles. The van der Waals surface area contributed by atoms with Crippen LogP contribution in [0, 0.1) is 11.3 Å². The molecule has 0 aliphatic carbocycles. The molecule has 0 fully saturated rings. The third-order valence-electron chi connectivity index (χ3n) is 2.21. The summed E-state index contributed by atoms with van der Waals surface area (Å²) in [6.45, 7) is -0.403. The van der Waals surface area contributed by atoms with Crippen LogP contribution < -0.4 is 10.5 Å². The number of nitriles is 1. The molecular formula is C10H7F6N3O. The van der Waals surface area contributed by atoms with Crippen molar-refractivity contribution in [3.63, 3.8) is 0 Å². The van der Waals surface area contributed by atoms with Gasteiger partial charge in [0, 0.05) is 12.7 Å². The predicted octanol–water partition coefficient (Wildman–Crippen LogP) is 2.52. The summed E-state index contributed by atoms with van der Waals surface area (Å²) in [5, 5.41) is 8.51. The van der Waals surface area contributed by atoms with Crippen molar-refractivity contribution < 1.29 is 31.1 Å². The van der Waals surface area contributed by atoms with E-state index in [1.165, 1.54) is 6.07 Å². The number of alkyl halides is 6. The summed E-state index contributed by atoms with van der Waals surface area (Å²) in [5.74, 6) is -1.65. The van der Waals surface area contributed by atoms with Crippen molar-refractivity contribution in [2.75, 3.05) is 0 Å². The summed E-state index contributed by atoms with van der Waals surface area (Å²) in [6.07, 6.45) is -10.5. The highest BCUT2D eigenvalue weighted by molar-refractivity contribution is 5.43. The fraction of sp³-hybridized carbons (Fsp3) is 0.400. The molecule has 0 unspecified atom stereocenters. The van der Waals surface area contributed by atoms with Gasteiger partial charge in [-0.25, -0.2) is 4.98 Å². The van der Waals surface area contributed by atoms with Gasteiger partial charge in [-0.3, -0.25) is 0 Å². The maximum atomic E-state index is 12.9. The lowest BCUT2D eigenvalue weighted by atomic mass is 10.0. The van der Waals surface area contributed by atoms with E-state index in [2.05, 4.69) is 9.72 Å². The average molecular weight is 299 g/mol. The molecule has 2 N–H and O–H groups in total. The molecule has 0 saturated heterocycles. The zero-order valence-corrected chi connectivity index (χ0v) is 9.64. The number of halogens is 6. The van der Waals surface area contributed by atoms with Crippen molar-refractivity contribution in [3.05, 3.63) is 22.9 Å². The van der Waals surface area contributed by atoms with Crippen LogP contribution in [-0.2, 0) is 19.1 Å². The SMILES string of the molecule is N#CCc1c(CN)cnc(OC(F)(F)F)c1C(F)(F)F. The third kappa shape index (κ3) is 3.74. The molecule has 4 nitrogen and oxygen atoms in total. The summed E-state index contributed by atoms with van der Waals surface area (Å²) >= 11 is 0. The maximum Gasteiger partial charge on any atom is 0.574 e. The minimum absolute atomic E-state index is 0.173. The topological polar surface area (TPSA) is 71.9 Å². The predicted molar refractivity (Wildman–Crippen MR) is 53.1 cm³/mol. The molecule has 0 spiro atoms. The zero-order valence-electron chi connectivity index (χ0n) is 9.64. The number of nitrogens with zero attached hydrogens (tertiary/aromatic N) is 2. The minimum atomic E-state index is -5.33. The van der Waals surface area contributed by atoms with E-state index in [0.717, 1.165) is 6.20 Å². The number of rotatable bonds is 3. The van der Waals surface area contributed by atoms with E-state index in [9.17, 15) is 26.3 Å². The van der Waals surface area contributed by atoms with E-state index in [1.54, 1.807) is 0 Å². The highest BCUT2D eigenvalue weighted by atomic mass is 19.4. The molecule has 0 amide bonds. The quantitative estimate of drug-likeness (QED) is 0.870. The highest BCUT2D eigenvalue weighted by Crippen LogP contribution is 2.40. The Morgan fingerprint density at radius 3 is 2.25 bits per heavy atom. The molecule has 0 aromatic carbocycles. The van der Waals surface area contributed by atoms with E-state index in [4.69, 9.17) is 11.0 Å². The van der Waals surface area contributed by atoms with Gasteiger partial charge in [0.1, 0.15) is 5.56 Å². The van der Waals surface area contributed by atoms with Crippen molar-refractivity contribution in [3.8, 4) is 11.9 Å². The Bertz CT molecular complexity index is 532. The summed E-state index contributed by atoms with van der Waals surface area (Å²) in [5.41, 5.74) is 2.61. The third-order valence-corrected chi connectivity index (χ3v) is 2.21. The Balaban J connectivity index is 3.54. The Kier molecular flexibility index (Phi) is 4.44. The molecule has 0 saturated carbocycles. The molecule has 10 heteroatoms. The molecule has 0 radical (unpaired) electrons. The number of pyridine rings is 1. The Hall–Kier alpha value is -2.02. The smallest absolute Gasteiger partial charge is 0.387 e. The van der Waals surface area contributed by atoms with Crippen molar-refractivity contribution in [1.29, 1.82) is 5.26 Å². The Labute approximate surface area is 108 Å². The lowest BCUT2D eigenvalue weighted by molar-refractivity contribution is -0.277. The number of hydrogen-bond acceptors (Lipinski definition) is 4. The number of aromatic nitrogens is 1. The van der Waals surface area contributed by atoms with Gasteiger partial charge in [0.15, 0.2) is 0 Å². The molecule has 0 aliphatic heterocycles. The van der Waals surface area contributed by atoms with Crippen molar-refractivity contribution in [1.82, 2.24) is 4.98 Å². The van der Waals surface area contributed by atoms with Crippen LogP contribution in [0.1, 0.15) is 16.7 Å². The van der Waals surface area contributed by atoms with Gasteiger partial charge in [-0.2, -0.15) is 18.4 Å². The van der Waals surface area contributed by atoms with Gasteiger partial charge in [0.05, 0.1) is 12.5 Å². The summed E-state index contributed by atoms with van der Waals surface area (Å²) in [7, 11) is 0. The lowest BCUT2D eigenvalue weighted by Gasteiger charge is -2.18. The second-order valence-electron chi connectivity index (χ2n) is 3.53. The van der Waals surface area contributed by atoms with Crippen LogP contribution in [0.3, 0.4) is 0 Å². The van der Waals surface area contributed by atoms with Gasteiger partial charge in [-0.1, -0.05) is 0 Å². The van der Waals surface area contributed by atoms with Crippen LogP contribution >= 0.6 is 0 Å². The molecular weight excluding hydrogens is 292 g/mol. The summed E-state index contributed by atoms with van der Waals surface area (Å²) in [6, 6.07) is 1.44. The fourth-order valence-corrected chi connectivity index (χ4v) is 1.50. The largest absolute Gasteiger partial charge is 0.574 e. The Morgan fingerprint density at radius 2 is 1.85 bits per heavy atom. The van der Waals surface area contributed by atoms with Crippen LogP contribution in [0.5, 0.6) is 5.88 Å². The first-order valence-electron chi connectivity index (χ1n) is 5.01. The average Bonchev–Trinajstić information content (AvgIpc) is 2.25. The van der Waals surface area contributed by atoms with Crippen LogP contribution in [0.15, 0.2) is 6.20 Å². The first-order valence-corrected chi connectivity index (χ1v) is 5.01. The maximum absolute atomic E-state index is 12.9. The molecule has 110 valence electrons. The molecule has 0 bridgehead atoms. The van der Waals surface area contributed by atoms with Crippen LogP contribution in [0.25, 0.3) is 0 Å². The normalized spacial score (nSPS) is 12.1. The first-order chi connectivity index (χ1) is 9.10. The molecule has 0 aliphatic rings. The van der Waals surface area contributed by atoms with Crippen molar-refractivity contribution >= 4 is 0 Å². The fourth-order valence-electron chi connectivity index (χ4n) is 1.50. The van der Waals surface area contributed by atoms with E-state index in [-0.39, 0.29) is 5.56 Å². The number of ether oxygens (including phenoxy) is 1. The molecule has 20 heavy (non-hydrogen) atoms. The first kappa shape index (κ1) is 16.0.